The van der Waals surface area contributed by atoms with Crippen molar-refractivity contribution < 1.29 is 0 Å². The summed E-state index contributed by atoms with van der Waals surface area (Å²) in [6.07, 6.45) is 6.62. The fraction of sp³-hybridized carbons (Fsp3) is 1.00. The summed E-state index contributed by atoms with van der Waals surface area (Å²) in [6, 6.07) is 0.453. The predicted octanol–water partition coefficient (Wildman–Crippen LogP) is 1.78. The Morgan fingerprint density at radius 3 is 2.72 bits per heavy atom. The van der Waals surface area contributed by atoms with Crippen molar-refractivity contribution in [1.82, 2.24) is 9.80 Å². The maximum atomic E-state index is 6.34. The highest BCUT2D eigenvalue weighted by molar-refractivity contribution is 4.84. The Morgan fingerprint density at radius 1 is 1.11 bits per heavy atom. The van der Waals surface area contributed by atoms with Crippen molar-refractivity contribution in [3.8, 4) is 0 Å². The minimum atomic E-state index is 0.453. The van der Waals surface area contributed by atoms with Crippen molar-refractivity contribution in [2.24, 2.45) is 17.6 Å². The van der Waals surface area contributed by atoms with Crippen LogP contribution in [0.5, 0.6) is 0 Å². The van der Waals surface area contributed by atoms with Crippen LogP contribution in [0.1, 0.15) is 39.0 Å². The summed E-state index contributed by atoms with van der Waals surface area (Å²) >= 11 is 0. The molecule has 0 aromatic heterocycles. The Kier molecular flexibility index (Phi) is 5.46. The quantitative estimate of drug-likeness (QED) is 0.832. The molecular formula is C15H31N3. The maximum Gasteiger partial charge on any atom is 0.0109 e. The van der Waals surface area contributed by atoms with Gasteiger partial charge in [-0.1, -0.05) is 13.3 Å². The van der Waals surface area contributed by atoms with Gasteiger partial charge in [0.15, 0.2) is 0 Å². The van der Waals surface area contributed by atoms with E-state index in [2.05, 4.69) is 23.8 Å². The second-order valence-electron chi connectivity index (χ2n) is 6.47. The van der Waals surface area contributed by atoms with E-state index in [1.807, 2.05) is 0 Å². The Hall–Kier alpha value is -0.120. The molecule has 18 heavy (non-hydrogen) atoms. The van der Waals surface area contributed by atoms with E-state index in [1.54, 1.807) is 0 Å². The summed E-state index contributed by atoms with van der Waals surface area (Å²) < 4.78 is 0. The van der Waals surface area contributed by atoms with Gasteiger partial charge in [0, 0.05) is 25.7 Å². The highest BCUT2D eigenvalue weighted by Gasteiger charge is 2.29. The smallest absolute Gasteiger partial charge is 0.0109 e. The van der Waals surface area contributed by atoms with Crippen LogP contribution in [0.2, 0.25) is 0 Å². The molecule has 1 aliphatic heterocycles. The van der Waals surface area contributed by atoms with Crippen molar-refractivity contribution in [1.29, 1.82) is 0 Å². The predicted molar refractivity (Wildman–Crippen MR) is 77.7 cm³/mol. The number of likely N-dealkylation sites (N-methyl/N-ethyl adjacent to an activating group) is 1. The topological polar surface area (TPSA) is 32.5 Å². The van der Waals surface area contributed by atoms with Gasteiger partial charge in [-0.3, -0.25) is 0 Å². The van der Waals surface area contributed by atoms with Gasteiger partial charge in [-0.15, -0.1) is 0 Å². The molecule has 1 saturated carbocycles. The Balaban J connectivity index is 1.83. The van der Waals surface area contributed by atoms with Gasteiger partial charge in [-0.25, -0.2) is 0 Å². The fourth-order valence-corrected chi connectivity index (χ4v) is 3.58. The number of hydrogen-bond acceptors (Lipinski definition) is 3. The minimum absolute atomic E-state index is 0.453. The number of rotatable bonds is 3. The zero-order chi connectivity index (χ0) is 13.0. The van der Waals surface area contributed by atoms with Gasteiger partial charge < -0.3 is 15.5 Å². The number of nitrogens with zero attached hydrogens (tertiary/aromatic N) is 2. The molecule has 0 bridgehead atoms. The summed E-state index contributed by atoms with van der Waals surface area (Å²) in [4.78, 5) is 5.11. The van der Waals surface area contributed by atoms with Gasteiger partial charge in [-0.05, 0) is 57.7 Å². The van der Waals surface area contributed by atoms with Crippen LogP contribution < -0.4 is 5.73 Å². The second-order valence-corrected chi connectivity index (χ2v) is 6.47. The van der Waals surface area contributed by atoms with Crippen molar-refractivity contribution in [3.05, 3.63) is 0 Å². The third kappa shape index (κ3) is 3.94. The second kappa shape index (κ2) is 6.88. The minimum Gasteiger partial charge on any atom is -0.327 e. The van der Waals surface area contributed by atoms with Crippen molar-refractivity contribution >= 4 is 0 Å². The van der Waals surface area contributed by atoms with E-state index in [0.29, 0.717) is 6.04 Å². The van der Waals surface area contributed by atoms with Gasteiger partial charge >= 0.3 is 0 Å². The van der Waals surface area contributed by atoms with Crippen LogP contribution in [-0.2, 0) is 0 Å². The Bertz CT molecular complexity index is 244. The molecule has 1 heterocycles. The van der Waals surface area contributed by atoms with Crippen molar-refractivity contribution in [3.63, 3.8) is 0 Å². The highest BCUT2D eigenvalue weighted by Crippen LogP contribution is 2.31. The molecule has 106 valence electrons. The van der Waals surface area contributed by atoms with Crippen LogP contribution >= 0.6 is 0 Å². The number of hydrogen-bond donors (Lipinski definition) is 1. The standard InChI is InChI=1S/C15H31N3/c1-3-13-5-6-15(16)14(11-13)12-18-8-4-7-17(2)9-10-18/h13-15H,3-12,16H2,1-2H3. The van der Waals surface area contributed by atoms with Crippen LogP contribution in [0.15, 0.2) is 0 Å². The monoisotopic (exact) mass is 253 g/mol. The third-order valence-corrected chi connectivity index (χ3v) is 5.03. The lowest BCUT2D eigenvalue weighted by atomic mass is 9.77. The summed E-state index contributed by atoms with van der Waals surface area (Å²) in [5, 5.41) is 0. The Labute approximate surface area is 113 Å². The lowest BCUT2D eigenvalue weighted by Gasteiger charge is -2.36. The summed E-state index contributed by atoms with van der Waals surface area (Å²) in [6.45, 7) is 8.55. The van der Waals surface area contributed by atoms with Gasteiger partial charge in [0.25, 0.3) is 0 Å². The van der Waals surface area contributed by atoms with E-state index < -0.39 is 0 Å². The molecular weight excluding hydrogens is 222 g/mol. The molecule has 3 atom stereocenters. The molecule has 3 heteroatoms. The van der Waals surface area contributed by atoms with Crippen LogP contribution in [0, 0.1) is 11.8 Å². The van der Waals surface area contributed by atoms with Gasteiger partial charge in [0.1, 0.15) is 0 Å². The molecule has 0 spiro atoms. The third-order valence-electron chi connectivity index (χ3n) is 5.03. The van der Waals surface area contributed by atoms with E-state index in [0.717, 1.165) is 11.8 Å². The normalized spacial score (nSPS) is 36.5. The van der Waals surface area contributed by atoms with Crippen molar-refractivity contribution in [2.75, 3.05) is 39.8 Å². The van der Waals surface area contributed by atoms with E-state index >= 15 is 0 Å². The zero-order valence-corrected chi connectivity index (χ0v) is 12.3. The molecule has 2 aliphatic rings. The van der Waals surface area contributed by atoms with E-state index in [1.165, 1.54) is 64.8 Å². The first kappa shape index (κ1) is 14.3. The lowest BCUT2D eigenvalue weighted by Crippen LogP contribution is -2.44. The van der Waals surface area contributed by atoms with E-state index in [4.69, 9.17) is 5.73 Å². The first-order valence-corrected chi connectivity index (χ1v) is 7.85. The van der Waals surface area contributed by atoms with Gasteiger partial charge in [-0.2, -0.15) is 0 Å². The highest BCUT2D eigenvalue weighted by atomic mass is 15.2. The first-order valence-electron chi connectivity index (χ1n) is 7.85. The summed E-state index contributed by atoms with van der Waals surface area (Å²) in [7, 11) is 2.24. The molecule has 1 saturated heterocycles. The average Bonchev–Trinajstić information content (AvgIpc) is 2.57. The molecule has 0 amide bonds. The molecule has 0 aromatic rings. The van der Waals surface area contributed by atoms with Crippen molar-refractivity contribution in [2.45, 2.75) is 45.1 Å². The molecule has 2 rings (SSSR count). The molecule has 0 aromatic carbocycles. The summed E-state index contributed by atoms with van der Waals surface area (Å²) in [5.41, 5.74) is 6.34. The van der Waals surface area contributed by atoms with Crippen LogP contribution in [0.25, 0.3) is 0 Å². The van der Waals surface area contributed by atoms with Crippen LogP contribution in [0.3, 0.4) is 0 Å². The lowest BCUT2D eigenvalue weighted by molar-refractivity contribution is 0.157. The zero-order valence-electron chi connectivity index (χ0n) is 12.3. The largest absolute Gasteiger partial charge is 0.327 e. The molecule has 3 unspecified atom stereocenters. The maximum absolute atomic E-state index is 6.34. The SMILES string of the molecule is CCC1CCC(N)C(CN2CCCN(C)CC2)C1. The van der Waals surface area contributed by atoms with Crippen LogP contribution in [-0.4, -0.2) is 55.6 Å². The molecule has 2 fully saturated rings. The van der Waals surface area contributed by atoms with Gasteiger partial charge in [0.05, 0.1) is 0 Å². The van der Waals surface area contributed by atoms with E-state index in [-0.39, 0.29) is 0 Å². The van der Waals surface area contributed by atoms with Gasteiger partial charge in [0.2, 0.25) is 0 Å². The Morgan fingerprint density at radius 2 is 1.94 bits per heavy atom. The van der Waals surface area contributed by atoms with E-state index in [9.17, 15) is 0 Å². The van der Waals surface area contributed by atoms with Crippen LogP contribution in [0.4, 0.5) is 0 Å². The first-order chi connectivity index (χ1) is 8.69. The molecule has 1 aliphatic carbocycles. The average molecular weight is 253 g/mol. The number of nitrogens with two attached hydrogens (primary N) is 1. The molecule has 2 N–H and O–H groups in total. The molecule has 3 nitrogen and oxygen atoms in total. The molecule has 0 radical (unpaired) electrons. The summed E-state index contributed by atoms with van der Waals surface area (Å²) in [5.74, 6) is 1.68. The fourth-order valence-electron chi connectivity index (χ4n) is 3.58.